The average molecular weight is 303 g/mol. The van der Waals surface area contributed by atoms with E-state index in [9.17, 15) is 18.0 Å². The number of pyridine rings is 1. The van der Waals surface area contributed by atoms with Gasteiger partial charge in [-0.15, -0.1) is 0 Å². The first-order valence-corrected chi connectivity index (χ1v) is 6.66. The van der Waals surface area contributed by atoms with Gasteiger partial charge in [-0.3, -0.25) is 4.79 Å². The molecule has 0 radical (unpaired) electrons. The van der Waals surface area contributed by atoms with E-state index >= 15 is 0 Å². The van der Waals surface area contributed by atoms with Crippen molar-refractivity contribution in [3.8, 4) is 11.3 Å². The molecule has 0 spiro atoms. The topological polar surface area (TPSA) is 32.9 Å². The third kappa shape index (κ3) is 2.50. The molecule has 0 saturated carbocycles. The molecule has 0 saturated heterocycles. The standard InChI is InChI=1S/C17H12F3NO/c1-10-3-2-4-13-14(10)9-15(21-16(13)22)11-5-7-12(8-6-11)17(18,19)20/h2-9H,1H3,(H,21,22). The second-order valence-electron chi connectivity index (χ2n) is 5.12. The highest BCUT2D eigenvalue weighted by Gasteiger charge is 2.30. The number of hydrogen-bond donors (Lipinski definition) is 1. The van der Waals surface area contributed by atoms with E-state index in [2.05, 4.69) is 4.98 Å². The van der Waals surface area contributed by atoms with Crippen LogP contribution in [-0.4, -0.2) is 4.98 Å². The van der Waals surface area contributed by atoms with E-state index in [1.165, 1.54) is 12.1 Å². The zero-order valence-electron chi connectivity index (χ0n) is 11.7. The van der Waals surface area contributed by atoms with Gasteiger partial charge in [-0.1, -0.05) is 24.3 Å². The quantitative estimate of drug-likeness (QED) is 0.704. The van der Waals surface area contributed by atoms with E-state index in [0.29, 0.717) is 16.6 Å². The smallest absolute Gasteiger partial charge is 0.321 e. The van der Waals surface area contributed by atoms with Crippen molar-refractivity contribution >= 4 is 10.8 Å². The Labute approximate surface area is 124 Å². The monoisotopic (exact) mass is 303 g/mol. The van der Waals surface area contributed by atoms with Crippen LogP contribution in [0.2, 0.25) is 0 Å². The van der Waals surface area contributed by atoms with Crippen LogP contribution in [0.25, 0.3) is 22.0 Å². The number of fused-ring (bicyclic) bond motifs is 1. The number of benzene rings is 2. The number of hydrogen-bond acceptors (Lipinski definition) is 1. The lowest BCUT2D eigenvalue weighted by molar-refractivity contribution is -0.137. The van der Waals surface area contributed by atoms with Gasteiger partial charge in [0.25, 0.3) is 5.56 Å². The summed E-state index contributed by atoms with van der Waals surface area (Å²) >= 11 is 0. The van der Waals surface area contributed by atoms with Crippen LogP contribution in [0, 0.1) is 6.92 Å². The van der Waals surface area contributed by atoms with Crippen LogP contribution in [0.3, 0.4) is 0 Å². The summed E-state index contributed by atoms with van der Waals surface area (Å²) in [5, 5.41) is 1.36. The van der Waals surface area contributed by atoms with Gasteiger partial charge in [0.2, 0.25) is 0 Å². The molecule has 1 N–H and O–H groups in total. The molecule has 2 nitrogen and oxygen atoms in total. The zero-order chi connectivity index (χ0) is 15.9. The fourth-order valence-electron chi connectivity index (χ4n) is 2.43. The molecule has 0 bridgehead atoms. The lowest BCUT2D eigenvalue weighted by Gasteiger charge is -2.09. The van der Waals surface area contributed by atoms with Crippen LogP contribution in [0.15, 0.2) is 53.3 Å². The number of halogens is 3. The maximum Gasteiger partial charge on any atom is 0.416 e. The van der Waals surface area contributed by atoms with Gasteiger partial charge in [-0.2, -0.15) is 13.2 Å². The van der Waals surface area contributed by atoms with E-state index in [1.807, 2.05) is 13.0 Å². The molecule has 5 heteroatoms. The number of alkyl halides is 3. The van der Waals surface area contributed by atoms with Crippen molar-refractivity contribution in [2.45, 2.75) is 13.1 Å². The first-order chi connectivity index (χ1) is 10.4. The Morgan fingerprint density at radius 1 is 0.955 bits per heavy atom. The maximum absolute atomic E-state index is 12.6. The number of aromatic nitrogens is 1. The molecule has 22 heavy (non-hydrogen) atoms. The lowest BCUT2D eigenvalue weighted by Crippen LogP contribution is -2.08. The molecule has 1 aromatic heterocycles. The van der Waals surface area contributed by atoms with E-state index in [4.69, 9.17) is 0 Å². The van der Waals surface area contributed by atoms with Crippen LogP contribution in [-0.2, 0) is 6.18 Å². The Morgan fingerprint density at radius 3 is 2.27 bits per heavy atom. The highest BCUT2D eigenvalue weighted by Crippen LogP contribution is 2.31. The number of aromatic amines is 1. The first kappa shape index (κ1) is 14.4. The third-order valence-corrected chi connectivity index (χ3v) is 3.63. The van der Waals surface area contributed by atoms with Gasteiger partial charge < -0.3 is 4.98 Å². The average Bonchev–Trinajstić information content (AvgIpc) is 2.47. The Hall–Kier alpha value is -2.56. The third-order valence-electron chi connectivity index (χ3n) is 3.63. The number of nitrogens with one attached hydrogen (secondary N) is 1. The molecule has 0 atom stereocenters. The molecule has 0 unspecified atom stereocenters. The molecule has 3 aromatic rings. The summed E-state index contributed by atoms with van der Waals surface area (Å²) in [6, 6.07) is 11.9. The van der Waals surface area contributed by atoms with Crippen LogP contribution in [0.5, 0.6) is 0 Å². The molecule has 112 valence electrons. The van der Waals surface area contributed by atoms with E-state index in [0.717, 1.165) is 23.1 Å². The molecule has 0 aliphatic heterocycles. The van der Waals surface area contributed by atoms with Gasteiger partial charge in [0.05, 0.1) is 5.56 Å². The summed E-state index contributed by atoms with van der Waals surface area (Å²) in [4.78, 5) is 14.8. The second-order valence-corrected chi connectivity index (χ2v) is 5.12. The van der Waals surface area contributed by atoms with Gasteiger partial charge >= 0.3 is 6.18 Å². The van der Waals surface area contributed by atoms with Crippen molar-refractivity contribution in [3.63, 3.8) is 0 Å². The Morgan fingerprint density at radius 2 is 1.64 bits per heavy atom. The first-order valence-electron chi connectivity index (χ1n) is 6.66. The van der Waals surface area contributed by atoms with Crippen LogP contribution < -0.4 is 5.56 Å². The number of rotatable bonds is 1. The van der Waals surface area contributed by atoms with Crippen molar-refractivity contribution in [3.05, 3.63) is 70.0 Å². The van der Waals surface area contributed by atoms with Gasteiger partial charge in [0.1, 0.15) is 0 Å². The molecule has 0 fully saturated rings. The van der Waals surface area contributed by atoms with Gasteiger partial charge in [-0.25, -0.2) is 0 Å². The molecular formula is C17H12F3NO. The minimum Gasteiger partial charge on any atom is -0.321 e. The Balaban J connectivity index is 2.15. The summed E-state index contributed by atoms with van der Waals surface area (Å²) in [6.07, 6.45) is -4.37. The summed E-state index contributed by atoms with van der Waals surface area (Å²) in [5.41, 5.74) is 1.01. The predicted molar refractivity (Wildman–Crippen MR) is 79.7 cm³/mol. The van der Waals surface area contributed by atoms with Gasteiger partial charge in [0, 0.05) is 11.1 Å². The van der Waals surface area contributed by atoms with Crippen LogP contribution in [0.1, 0.15) is 11.1 Å². The van der Waals surface area contributed by atoms with E-state index in [1.54, 1.807) is 18.2 Å². The molecule has 0 aliphatic carbocycles. The van der Waals surface area contributed by atoms with Crippen molar-refractivity contribution in [2.75, 3.05) is 0 Å². The second kappa shape index (κ2) is 5.02. The summed E-state index contributed by atoms with van der Waals surface area (Å²) in [5.74, 6) is 0. The van der Waals surface area contributed by atoms with Crippen molar-refractivity contribution in [1.29, 1.82) is 0 Å². The number of aryl methyl sites for hydroxylation is 1. The Kier molecular flexibility index (Phi) is 3.28. The highest BCUT2D eigenvalue weighted by molar-refractivity contribution is 5.87. The number of H-pyrrole nitrogens is 1. The molecule has 0 amide bonds. The molecule has 1 heterocycles. The SMILES string of the molecule is Cc1cccc2c(=O)[nH]c(-c3ccc(C(F)(F)F)cc3)cc12. The molecular weight excluding hydrogens is 291 g/mol. The predicted octanol–water partition coefficient (Wildman–Crippen LogP) is 4.52. The minimum absolute atomic E-state index is 0.254. The largest absolute Gasteiger partial charge is 0.416 e. The zero-order valence-corrected chi connectivity index (χ0v) is 11.7. The molecule has 2 aromatic carbocycles. The highest BCUT2D eigenvalue weighted by atomic mass is 19.4. The van der Waals surface area contributed by atoms with Crippen LogP contribution in [0.4, 0.5) is 13.2 Å². The molecule has 3 rings (SSSR count). The van der Waals surface area contributed by atoms with Crippen molar-refractivity contribution < 1.29 is 13.2 Å². The van der Waals surface area contributed by atoms with Crippen molar-refractivity contribution in [2.24, 2.45) is 0 Å². The summed E-state index contributed by atoms with van der Waals surface area (Å²) in [7, 11) is 0. The van der Waals surface area contributed by atoms with E-state index < -0.39 is 11.7 Å². The van der Waals surface area contributed by atoms with Gasteiger partial charge in [-0.05, 0) is 47.7 Å². The minimum atomic E-state index is -4.37. The maximum atomic E-state index is 12.6. The fraction of sp³-hybridized carbons (Fsp3) is 0.118. The van der Waals surface area contributed by atoms with Gasteiger partial charge in [0.15, 0.2) is 0 Å². The van der Waals surface area contributed by atoms with E-state index in [-0.39, 0.29) is 5.56 Å². The summed E-state index contributed by atoms with van der Waals surface area (Å²) < 4.78 is 37.8. The summed E-state index contributed by atoms with van der Waals surface area (Å²) in [6.45, 7) is 1.89. The lowest BCUT2D eigenvalue weighted by atomic mass is 10.0. The van der Waals surface area contributed by atoms with Crippen molar-refractivity contribution in [1.82, 2.24) is 4.98 Å². The normalized spacial score (nSPS) is 11.8. The Bertz CT molecular complexity index is 892. The fourth-order valence-corrected chi connectivity index (χ4v) is 2.43. The van der Waals surface area contributed by atoms with Crippen LogP contribution >= 0.6 is 0 Å². The molecule has 0 aliphatic rings.